The number of amides is 2. The number of carbonyl (C=O) groups excluding carboxylic acids is 2. The van der Waals surface area contributed by atoms with Gasteiger partial charge in [-0.2, -0.15) is 5.26 Å². The summed E-state index contributed by atoms with van der Waals surface area (Å²) in [6.45, 7) is 6.72. The third kappa shape index (κ3) is 5.18. The van der Waals surface area contributed by atoms with Crippen LogP contribution in [0.3, 0.4) is 0 Å². The van der Waals surface area contributed by atoms with Gasteiger partial charge in [0.15, 0.2) is 0 Å². The van der Waals surface area contributed by atoms with Crippen LogP contribution in [0.15, 0.2) is 18.2 Å². The van der Waals surface area contributed by atoms with Crippen LogP contribution in [0.2, 0.25) is 0 Å². The zero-order chi connectivity index (χ0) is 22.9. The van der Waals surface area contributed by atoms with Crippen molar-refractivity contribution in [2.24, 2.45) is 17.8 Å². The molecule has 0 spiro atoms. The van der Waals surface area contributed by atoms with E-state index < -0.39 is 0 Å². The Kier molecular flexibility index (Phi) is 7.69. The van der Waals surface area contributed by atoms with E-state index in [0.717, 1.165) is 50.8 Å². The van der Waals surface area contributed by atoms with Crippen molar-refractivity contribution in [3.63, 3.8) is 0 Å². The molecular formula is C26H35ClN4O3. The summed E-state index contributed by atoms with van der Waals surface area (Å²) >= 11 is 0. The van der Waals surface area contributed by atoms with Crippen molar-refractivity contribution in [2.45, 2.75) is 51.0 Å². The number of benzene rings is 1. The molecule has 3 heterocycles. The van der Waals surface area contributed by atoms with Crippen molar-refractivity contribution >= 4 is 24.2 Å². The lowest BCUT2D eigenvalue weighted by atomic mass is 9.83. The largest absolute Gasteiger partial charge is 0.493 e. The highest BCUT2D eigenvalue weighted by atomic mass is 35.5. The van der Waals surface area contributed by atoms with Crippen molar-refractivity contribution in [1.29, 1.82) is 5.26 Å². The zero-order valence-electron chi connectivity index (χ0n) is 19.9. The average molecular weight is 487 g/mol. The number of nitrogens with one attached hydrogen (secondary N) is 1. The van der Waals surface area contributed by atoms with Crippen molar-refractivity contribution in [2.75, 3.05) is 39.3 Å². The lowest BCUT2D eigenvalue weighted by Crippen LogP contribution is -2.56. The molecule has 1 saturated carbocycles. The maximum absolute atomic E-state index is 12.4. The van der Waals surface area contributed by atoms with Gasteiger partial charge in [-0.15, -0.1) is 12.4 Å². The molecule has 0 unspecified atom stereocenters. The molecule has 2 atom stereocenters. The maximum atomic E-state index is 12.4. The van der Waals surface area contributed by atoms with Crippen molar-refractivity contribution < 1.29 is 14.3 Å². The molecule has 1 aromatic rings. The molecule has 2 saturated heterocycles. The van der Waals surface area contributed by atoms with E-state index >= 15 is 0 Å². The standard InChI is InChI=1S/C26H34N4O3.ClH/c1-17(31)30-13-20(14-30)26(32)28-22-5-2-18(3-6-22)8-9-29-12-21-16-33-25-7-4-19(11-27)10-23(25)24(21)15-29;/h4,7,10,18,20-22,24H,2-3,5-6,8-9,12-16H2,1H3,(H,28,32);1H/t18-,21-,22-,24+;/m0./s1. The molecule has 0 aromatic heterocycles. The second-order valence-electron chi connectivity index (χ2n) is 10.4. The number of hydrogen-bond acceptors (Lipinski definition) is 5. The smallest absolute Gasteiger partial charge is 0.226 e. The first kappa shape index (κ1) is 24.8. The Labute approximate surface area is 208 Å². The van der Waals surface area contributed by atoms with Gasteiger partial charge in [0.05, 0.1) is 24.2 Å². The molecule has 1 aliphatic carbocycles. The Morgan fingerprint density at radius 1 is 1.15 bits per heavy atom. The third-order valence-electron chi connectivity index (χ3n) is 8.25. The second-order valence-corrected chi connectivity index (χ2v) is 10.4. The molecule has 2 amide bonds. The van der Waals surface area contributed by atoms with Crippen molar-refractivity contribution in [3.8, 4) is 11.8 Å². The molecule has 3 aliphatic heterocycles. The SMILES string of the molecule is CC(=O)N1CC(C(=O)N[C@H]2CC[C@H](CCN3C[C@H]4COc5ccc(C#N)cc5[C@@H]4C3)CC2)C1.Cl. The highest BCUT2D eigenvalue weighted by Gasteiger charge is 2.39. The van der Waals surface area contributed by atoms with Crippen LogP contribution >= 0.6 is 12.4 Å². The van der Waals surface area contributed by atoms with Crippen LogP contribution in [-0.2, 0) is 9.59 Å². The Morgan fingerprint density at radius 3 is 2.62 bits per heavy atom. The van der Waals surface area contributed by atoms with Crippen LogP contribution in [0.4, 0.5) is 0 Å². The lowest BCUT2D eigenvalue weighted by Gasteiger charge is -2.39. The molecule has 34 heavy (non-hydrogen) atoms. The molecule has 5 rings (SSSR count). The number of rotatable bonds is 5. The van der Waals surface area contributed by atoms with E-state index in [1.807, 2.05) is 18.2 Å². The number of halogens is 1. The fourth-order valence-corrected chi connectivity index (χ4v) is 6.08. The van der Waals surface area contributed by atoms with Crippen LogP contribution in [0.1, 0.15) is 56.1 Å². The summed E-state index contributed by atoms with van der Waals surface area (Å²) < 4.78 is 5.98. The Bertz CT molecular complexity index is 950. The molecular weight excluding hydrogens is 452 g/mol. The van der Waals surface area contributed by atoms with Crippen LogP contribution in [0.5, 0.6) is 5.75 Å². The number of hydrogen-bond donors (Lipinski definition) is 1. The van der Waals surface area contributed by atoms with Gasteiger partial charge >= 0.3 is 0 Å². The summed E-state index contributed by atoms with van der Waals surface area (Å²) in [5, 5.41) is 12.5. The van der Waals surface area contributed by atoms with E-state index in [1.165, 1.54) is 24.8 Å². The Hall–Kier alpha value is -2.30. The molecule has 1 N–H and O–H groups in total. The number of carbonyl (C=O) groups is 2. The van der Waals surface area contributed by atoms with E-state index in [-0.39, 0.29) is 36.2 Å². The minimum atomic E-state index is -0.0244. The second kappa shape index (κ2) is 10.5. The molecule has 184 valence electrons. The third-order valence-corrected chi connectivity index (χ3v) is 8.25. The fourth-order valence-electron chi connectivity index (χ4n) is 6.08. The quantitative estimate of drug-likeness (QED) is 0.691. The summed E-state index contributed by atoms with van der Waals surface area (Å²) in [6, 6.07) is 8.37. The summed E-state index contributed by atoms with van der Waals surface area (Å²) in [5.74, 6) is 2.82. The summed E-state index contributed by atoms with van der Waals surface area (Å²) in [6.07, 6.45) is 5.68. The minimum Gasteiger partial charge on any atom is -0.493 e. The van der Waals surface area contributed by atoms with Gasteiger partial charge in [0.25, 0.3) is 0 Å². The monoisotopic (exact) mass is 486 g/mol. The number of nitrogens with zero attached hydrogens (tertiary/aromatic N) is 3. The molecule has 0 bridgehead atoms. The van der Waals surface area contributed by atoms with Crippen LogP contribution < -0.4 is 10.1 Å². The minimum absolute atomic E-state index is 0. The van der Waals surface area contributed by atoms with E-state index in [0.29, 0.717) is 30.5 Å². The van der Waals surface area contributed by atoms with Crippen molar-refractivity contribution in [1.82, 2.24) is 15.1 Å². The topological polar surface area (TPSA) is 85.7 Å². The van der Waals surface area contributed by atoms with Gasteiger partial charge in [-0.1, -0.05) is 0 Å². The van der Waals surface area contributed by atoms with Gasteiger partial charge in [-0.25, -0.2) is 0 Å². The van der Waals surface area contributed by atoms with Crippen LogP contribution in [-0.4, -0.2) is 67.0 Å². The highest BCUT2D eigenvalue weighted by Crippen LogP contribution is 2.42. The van der Waals surface area contributed by atoms with Crippen LogP contribution in [0.25, 0.3) is 0 Å². The van der Waals surface area contributed by atoms with Gasteiger partial charge < -0.3 is 19.9 Å². The zero-order valence-corrected chi connectivity index (χ0v) is 20.7. The first-order valence-electron chi connectivity index (χ1n) is 12.4. The van der Waals surface area contributed by atoms with E-state index in [4.69, 9.17) is 4.74 Å². The van der Waals surface area contributed by atoms with Gasteiger partial charge in [0, 0.05) is 56.5 Å². The average Bonchev–Trinajstić information content (AvgIpc) is 3.20. The first-order chi connectivity index (χ1) is 16.0. The summed E-state index contributed by atoms with van der Waals surface area (Å²) in [7, 11) is 0. The van der Waals surface area contributed by atoms with Gasteiger partial charge in [-0.05, 0) is 62.8 Å². The molecule has 0 radical (unpaired) electrons. The van der Waals surface area contributed by atoms with Crippen LogP contribution in [0, 0.1) is 29.1 Å². The van der Waals surface area contributed by atoms with Gasteiger partial charge in [0.1, 0.15) is 5.75 Å². The summed E-state index contributed by atoms with van der Waals surface area (Å²) in [5.41, 5.74) is 1.93. The molecule has 4 aliphatic rings. The van der Waals surface area contributed by atoms with Gasteiger partial charge in [0.2, 0.25) is 11.8 Å². The van der Waals surface area contributed by atoms with E-state index in [9.17, 15) is 14.9 Å². The molecule has 1 aromatic carbocycles. The number of nitriles is 1. The maximum Gasteiger partial charge on any atom is 0.226 e. The van der Waals surface area contributed by atoms with E-state index in [2.05, 4.69) is 16.3 Å². The molecule has 8 heteroatoms. The Morgan fingerprint density at radius 2 is 1.91 bits per heavy atom. The lowest BCUT2D eigenvalue weighted by molar-refractivity contribution is -0.141. The number of likely N-dealkylation sites (tertiary alicyclic amines) is 2. The highest BCUT2D eigenvalue weighted by molar-refractivity contribution is 5.85. The first-order valence-corrected chi connectivity index (χ1v) is 12.4. The number of ether oxygens (including phenoxy) is 1. The number of fused-ring (bicyclic) bond motifs is 3. The molecule has 3 fully saturated rings. The van der Waals surface area contributed by atoms with Gasteiger partial charge in [-0.3, -0.25) is 9.59 Å². The Balaban J connectivity index is 0.00000274. The summed E-state index contributed by atoms with van der Waals surface area (Å²) in [4.78, 5) is 28.0. The van der Waals surface area contributed by atoms with E-state index in [1.54, 1.807) is 11.8 Å². The fraction of sp³-hybridized carbons (Fsp3) is 0.654. The predicted octanol–water partition coefficient (Wildman–Crippen LogP) is 2.93. The normalized spacial score (nSPS) is 28.4. The molecule has 7 nitrogen and oxygen atoms in total. The predicted molar refractivity (Wildman–Crippen MR) is 131 cm³/mol. The van der Waals surface area contributed by atoms with Crippen molar-refractivity contribution in [3.05, 3.63) is 29.3 Å².